The third kappa shape index (κ3) is 2.84. The number of hydrogen-bond acceptors (Lipinski definition) is 3. The molecule has 0 spiro atoms. The van der Waals surface area contributed by atoms with Crippen molar-refractivity contribution in [2.75, 3.05) is 13.2 Å². The molecule has 1 heterocycles. The van der Waals surface area contributed by atoms with E-state index in [1.807, 2.05) is 0 Å². The second-order valence-corrected chi connectivity index (χ2v) is 7.06. The van der Waals surface area contributed by atoms with E-state index in [1.54, 1.807) is 11.3 Å². The number of aliphatic hydroxyl groups excluding tert-OH is 1. The van der Waals surface area contributed by atoms with E-state index in [0.29, 0.717) is 0 Å². The molecular formula is C15H21NO2S. The summed E-state index contributed by atoms with van der Waals surface area (Å²) in [4.78, 5) is 14.5. The van der Waals surface area contributed by atoms with Gasteiger partial charge in [-0.05, 0) is 62.0 Å². The number of aliphatic hydroxyl groups is 1. The summed E-state index contributed by atoms with van der Waals surface area (Å²) in [5.74, 6) is 0.0728. The summed E-state index contributed by atoms with van der Waals surface area (Å²) in [6, 6.07) is 2.08. The van der Waals surface area contributed by atoms with Crippen molar-refractivity contribution in [3.8, 4) is 0 Å². The van der Waals surface area contributed by atoms with Crippen LogP contribution in [0.15, 0.2) is 6.07 Å². The van der Waals surface area contributed by atoms with Gasteiger partial charge in [0.25, 0.3) is 5.91 Å². The topological polar surface area (TPSA) is 49.3 Å². The normalized spacial score (nSPS) is 19.8. The quantitative estimate of drug-likeness (QED) is 0.870. The Morgan fingerprint density at radius 1 is 1.37 bits per heavy atom. The first-order valence-electron chi connectivity index (χ1n) is 7.23. The van der Waals surface area contributed by atoms with E-state index in [0.717, 1.165) is 43.5 Å². The maximum Gasteiger partial charge on any atom is 0.261 e. The average molecular weight is 279 g/mol. The zero-order valence-corrected chi connectivity index (χ0v) is 12.0. The standard InChI is InChI=1S/C15H21NO2S/c17-8-7-15(5-6-15)10-16-14(18)13-9-11-3-1-2-4-12(11)19-13/h9,17H,1-8,10H2,(H,16,18). The monoisotopic (exact) mass is 279 g/mol. The highest BCUT2D eigenvalue weighted by molar-refractivity contribution is 7.14. The fourth-order valence-electron chi connectivity index (χ4n) is 2.89. The molecule has 104 valence electrons. The van der Waals surface area contributed by atoms with Gasteiger partial charge >= 0.3 is 0 Å². The highest BCUT2D eigenvalue weighted by Crippen LogP contribution is 2.48. The summed E-state index contributed by atoms with van der Waals surface area (Å²) in [5.41, 5.74) is 1.58. The van der Waals surface area contributed by atoms with Crippen molar-refractivity contribution in [1.29, 1.82) is 0 Å². The van der Waals surface area contributed by atoms with E-state index < -0.39 is 0 Å². The summed E-state index contributed by atoms with van der Waals surface area (Å²) in [6.07, 6.45) is 7.87. The molecular weight excluding hydrogens is 258 g/mol. The van der Waals surface area contributed by atoms with Gasteiger partial charge in [-0.2, -0.15) is 0 Å². The van der Waals surface area contributed by atoms with Crippen LogP contribution < -0.4 is 5.32 Å². The van der Waals surface area contributed by atoms with Crippen LogP contribution in [0, 0.1) is 5.41 Å². The third-order valence-electron chi connectivity index (χ3n) is 4.44. The first-order chi connectivity index (χ1) is 9.22. The van der Waals surface area contributed by atoms with Gasteiger partial charge in [0.2, 0.25) is 0 Å². The first kappa shape index (κ1) is 13.1. The molecule has 1 aromatic heterocycles. The van der Waals surface area contributed by atoms with E-state index in [9.17, 15) is 4.79 Å². The third-order valence-corrected chi connectivity index (χ3v) is 5.68. The van der Waals surface area contributed by atoms with Crippen LogP contribution in [0.5, 0.6) is 0 Å². The summed E-state index contributed by atoms with van der Waals surface area (Å²) in [5, 5.41) is 12.1. The molecule has 0 aromatic carbocycles. The summed E-state index contributed by atoms with van der Waals surface area (Å²) in [6.45, 7) is 0.943. The largest absolute Gasteiger partial charge is 0.396 e. The second-order valence-electron chi connectivity index (χ2n) is 5.92. The Morgan fingerprint density at radius 3 is 2.84 bits per heavy atom. The van der Waals surface area contributed by atoms with Gasteiger partial charge in [0.1, 0.15) is 0 Å². The molecule has 0 aliphatic heterocycles. The Labute approximate surface area is 118 Å². The van der Waals surface area contributed by atoms with Crippen molar-refractivity contribution in [2.45, 2.75) is 44.9 Å². The number of hydrogen-bond donors (Lipinski definition) is 2. The van der Waals surface area contributed by atoms with Crippen LogP contribution in [0.2, 0.25) is 0 Å². The van der Waals surface area contributed by atoms with Gasteiger partial charge in [0.15, 0.2) is 0 Å². The molecule has 3 nitrogen and oxygen atoms in total. The Kier molecular flexibility index (Phi) is 3.63. The fraction of sp³-hybridized carbons (Fsp3) is 0.667. The molecule has 2 N–H and O–H groups in total. The van der Waals surface area contributed by atoms with Gasteiger partial charge in [-0.15, -0.1) is 11.3 Å². The molecule has 0 saturated heterocycles. The van der Waals surface area contributed by atoms with Crippen LogP contribution in [-0.4, -0.2) is 24.2 Å². The van der Waals surface area contributed by atoms with Crippen molar-refractivity contribution < 1.29 is 9.90 Å². The molecule has 1 fully saturated rings. The molecule has 0 bridgehead atoms. The Balaban J connectivity index is 1.59. The predicted octanol–water partition coefficient (Wildman–Crippen LogP) is 2.52. The first-order valence-corrected chi connectivity index (χ1v) is 8.05. The molecule has 1 aromatic rings. The van der Waals surface area contributed by atoms with Gasteiger partial charge in [-0.1, -0.05) is 0 Å². The summed E-state index contributed by atoms with van der Waals surface area (Å²) in [7, 11) is 0. The van der Waals surface area contributed by atoms with Crippen LogP contribution in [0.1, 0.15) is 52.2 Å². The fourth-order valence-corrected chi connectivity index (χ4v) is 4.06. The molecule has 2 aliphatic carbocycles. The predicted molar refractivity (Wildman–Crippen MR) is 76.7 cm³/mol. The number of fused-ring (bicyclic) bond motifs is 1. The molecule has 4 heteroatoms. The Hall–Kier alpha value is -0.870. The lowest BCUT2D eigenvalue weighted by atomic mass is 9.99. The smallest absolute Gasteiger partial charge is 0.261 e. The van der Waals surface area contributed by atoms with Gasteiger partial charge in [0, 0.05) is 18.0 Å². The van der Waals surface area contributed by atoms with Crippen LogP contribution >= 0.6 is 11.3 Å². The van der Waals surface area contributed by atoms with E-state index in [-0.39, 0.29) is 17.9 Å². The minimum Gasteiger partial charge on any atom is -0.396 e. The van der Waals surface area contributed by atoms with E-state index in [2.05, 4.69) is 11.4 Å². The molecule has 1 amide bonds. The zero-order chi connectivity index (χ0) is 13.3. The van der Waals surface area contributed by atoms with Crippen LogP contribution in [0.3, 0.4) is 0 Å². The molecule has 19 heavy (non-hydrogen) atoms. The number of nitrogens with one attached hydrogen (secondary N) is 1. The Bertz CT molecular complexity index is 453. The molecule has 0 radical (unpaired) electrons. The molecule has 1 saturated carbocycles. The second kappa shape index (κ2) is 5.25. The van der Waals surface area contributed by atoms with Gasteiger partial charge < -0.3 is 10.4 Å². The number of rotatable bonds is 5. The van der Waals surface area contributed by atoms with Crippen LogP contribution in [0.4, 0.5) is 0 Å². The average Bonchev–Trinajstić information content (AvgIpc) is 3.04. The minimum atomic E-state index is 0.0728. The van der Waals surface area contributed by atoms with E-state index >= 15 is 0 Å². The van der Waals surface area contributed by atoms with Crippen molar-refractivity contribution in [1.82, 2.24) is 5.32 Å². The highest BCUT2D eigenvalue weighted by Gasteiger charge is 2.42. The van der Waals surface area contributed by atoms with Crippen LogP contribution in [0.25, 0.3) is 0 Å². The minimum absolute atomic E-state index is 0.0728. The highest BCUT2D eigenvalue weighted by atomic mass is 32.1. The van der Waals surface area contributed by atoms with Gasteiger partial charge in [-0.3, -0.25) is 4.79 Å². The van der Waals surface area contributed by atoms with Crippen LogP contribution in [-0.2, 0) is 12.8 Å². The lowest BCUT2D eigenvalue weighted by molar-refractivity contribution is 0.0945. The zero-order valence-electron chi connectivity index (χ0n) is 11.2. The van der Waals surface area contributed by atoms with Crippen molar-refractivity contribution in [2.24, 2.45) is 5.41 Å². The van der Waals surface area contributed by atoms with E-state index in [4.69, 9.17) is 5.11 Å². The summed E-state index contributed by atoms with van der Waals surface area (Å²) < 4.78 is 0. The molecule has 2 aliphatic rings. The lowest BCUT2D eigenvalue weighted by Crippen LogP contribution is -2.30. The number of thiophene rings is 1. The SMILES string of the molecule is O=C(NCC1(CCO)CC1)c1cc2c(s1)CCCC2. The van der Waals surface area contributed by atoms with Crippen molar-refractivity contribution in [3.05, 3.63) is 21.4 Å². The summed E-state index contributed by atoms with van der Waals surface area (Å²) >= 11 is 1.67. The number of amides is 1. The molecule has 0 unspecified atom stereocenters. The molecule has 3 rings (SSSR count). The van der Waals surface area contributed by atoms with Gasteiger partial charge in [-0.25, -0.2) is 0 Å². The van der Waals surface area contributed by atoms with E-state index in [1.165, 1.54) is 23.3 Å². The maximum atomic E-state index is 12.2. The van der Waals surface area contributed by atoms with Crippen molar-refractivity contribution >= 4 is 17.2 Å². The number of aryl methyl sites for hydroxylation is 2. The number of carbonyl (C=O) groups excluding carboxylic acids is 1. The number of carbonyl (C=O) groups is 1. The Morgan fingerprint density at radius 2 is 2.16 bits per heavy atom. The lowest BCUT2D eigenvalue weighted by Gasteiger charge is -2.13. The van der Waals surface area contributed by atoms with Crippen molar-refractivity contribution in [3.63, 3.8) is 0 Å². The molecule has 0 atom stereocenters. The van der Waals surface area contributed by atoms with Gasteiger partial charge in [0.05, 0.1) is 4.88 Å². The maximum absolute atomic E-state index is 12.2.